The lowest BCUT2D eigenvalue weighted by Gasteiger charge is -2.12. The summed E-state index contributed by atoms with van der Waals surface area (Å²) in [5, 5.41) is 3.87. The molecule has 1 aromatic carbocycles. The highest BCUT2D eigenvalue weighted by atomic mass is 19.1. The lowest BCUT2D eigenvalue weighted by atomic mass is 10.2. The van der Waals surface area contributed by atoms with E-state index < -0.39 is 5.82 Å². The number of hydrogen-bond acceptors (Lipinski definition) is 7. The van der Waals surface area contributed by atoms with Gasteiger partial charge in [0, 0.05) is 36.5 Å². The summed E-state index contributed by atoms with van der Waals surface area (Å²) >= 11 is 0. The molecule has 0 saturated carbocycles. The van der Waals surface area contributed by atoms with E-state index in [0.717, 1.165) is 17.1 Å². The molecule has 0 bridgehead atoms. The number of ether oxygens (including phenoxy) is 2. The Hall–Kier alpha value is -3.65. The number of anilines is 2. The van der Waals surface area contributed by atoms with Gasteiger partial charge < -0.3 is 14.8 Å². The van der Waals surface area contributed by atoms with Crippen molar-refractivity contribution >= 4 is 22.4 Å². The van der Waals surface area contributed by atoms with Crippen LogP contribution in [0.15, 0.2) is 61.2 Å². The predicted molar refractivity (Wildman–Crippen MR) is 108 cm³/mol. The second-order valence-corrected chi connectivity index (χ2v) is 6.17. The van der Waals surface area contributed by atoms with Crippen molar-refractivity contribution in [2.45, 2.75) is 0 Å². The maximum absolute atomic E-state index is 13.6. The smallest absolute Gasteiger partial charge is 0.163 e. The fourth-order valence-corrected chi connectivity index (χ4v) is 2.78. The molecular weight excluding hydrogens is 373 g/mol. The number of rotatable bonds is 7. The summed E-state index contributed by atoms with van der Waals surface area (Å²) < 4.78 is 24.3. The molecule has 0 amide bonds. The molecule has 0 saturated heterocycles. The number of pyridine rings is 2. The Balaban J connectivity index is 1.79. The van der Waals surface area contributed by atoms with Crippen LogP contribution in [-0.2, 0) is 4.74 Å². The topological polar surface area (TPSA) is 82.0 Å². The standard InChI is InChI=1S/C21H18FN5O2/c1-28-7-8-29-17-4-5-19-18(10-17)21(25-16-9-15(22)12-24-13-16)27-20(26-19)14-3-2-6-23-11-14/h2-6,9-13H,7-8H2,1H3,(H,25,26,27). The molecule has 0 atom stereocenters. The molecule has 4 aromatic rings. The average molecular weight is 391 g/mol. The van der Waals surface area contributed by atoms with Gasteiger partial charge in [0.2, 0.25) is 0 Å². The van der Waals surface area contributed by atoms with Crippen molar-refractivity contribution in [2.24, 2.45) is 0 Å². The van der Waals surface area contributed by atoms with Gasteiger partial charge in [-0.05, 0) is 30.3 Å². The summed E-state index contributed by atoms with van der Waals surface area (Å²) in [5.41, 5.74) is 1.97. The number of nitrogens with one attached hydrogen (secondary N) is 1. The summed E-state index contributed by atoms with van der Waals surface area (Å²) in [5.74, 6) is 1.24. The van der Waals surface area contributed by atoms with Gasteiger partial charge >= 0.3 is 0 Å². The zero-order valence-corrected chi connectivity index (χ0v) is 15.7. The maximum atomic E-state index is 13.6. The van der Waals surface area contributed by atoms with Crippen molar-refractivity contribution in [3.8, 4) is 17.1 Å². The fraction of sp³-hybridized carbons (Fsp3) is 0.143. The van der Waals surface area contributed by atoms with Crippen LogP contribution in [0.4, 0.5) is 15.9 Å². The van der Waals surface area contributed by atoms with Crippen molar-refractivity contribution in [1.82, 2.24) is 19.9 Å². The number of fused-ring (bicyclic) bond motifs is 1. The number of methoxy groups -OCH3 is 1. The van der Waals surface area contributed by atoms with E-state index in [1.807, 2.05) is 30.3 Å². The second-order valence-electron chi connectivity index (χ2n) is 6.17. The van der Waals surface area contributed by atoms with E-state index in [-0.39, 0.29) is 0 Å². The van der Waals surface area contributed by atoms with Crippen molar-refractivity contribution in [2.75, 3.05) is 25.6 Å². The van der Waals surface area contributed by atoms with Crippen LogP contribution in [0.1, 0.15) is 0 Å². The van der Waals surface area contributed by atoms with E-state index in [2.05, 4.69) is 25.3 Å². The van der Waals surface area contributed by atoms with Crippen LogP contribution in [0.3, 0.4) is 0 Å². The second kappa shape index (κ2) is 8.57. The van der Waals surface area contributed by atoms with Gasteiger partial charge in [0.1, 0.15) is 24.0 Å². The SMILES string of the molecule is COCCOc1ccc2nc(-c3cccnc3)nc(Nc3cncc(F)c3)c2c1. The van der Waals surface area contributed by atoms with Crippen LogP contribution in [-0.4, -0.2) is 40.3 Å². The Labute approximate surface area is 166 Å². The molecule has 0 radical (unpaired) electrons. The van der Waals surface area contributed by atoms with Gasteiger partial charge in [-0.15, -0.1) is 0 Å². The number of halogens is 1. The predicted octanol–water partition coefficient (Wildman–Crippen LogP) is 3.99. The number of benzene rings is 1. The zero-order valence-electron chi connectivity index (χ0n) is 15.7. The van der Waals surface area contributed by atoms with Crippen molar-refractivity contribution in [1.29, 1.82) is 0 Å². The molecule has 0 aliphatic rings. The molecular formula is C21H18FN5O2. The first-order valence-electron chi connectivity index (χ1n) is 8.94. The van der Waals surface area contributed by atoms with Crippen LogP contribution >= 0.6 is 0 Å². The van der Waals surface area contributed by atoms with Gasteiger partial charge in [-0.2, -0.15) is 0 Å². The van der Waals surface area contributed by atoms with Gasteiger partial charge in [0.25, 0.3) is 0 Å². The van der Waals surface area contributed by atoms with Crippen LogP contribution in [0.25, 0.3) is 22.3 Å². The van der Waals surface area contributed by atoms with E-state index >= 15 is 0 Å². The summed E-state index contributed by atoms with van der Waals surface area (Å²) in [6, 6.07) is 10.6. The molecule has 0 unspecified atom stereocenters. The van der Waals surface area contributed by atoms with Gasteiger partial charge in [0.15, 0.2) is 5.82 Å². The molecule has 3 heterocycles. The molecule has 3 aromatic heterocycles. The number of hydrogen-bond donors (Lipinski definition) is 1. The first kappa shape index (κ1) is 18.7. The zero-order chi connectivity index (χ0) is 20.1. The normalized spacial score (nSPS) is 10.8. The minimum absolute atomic E-state index is 0.424. The van der Waals surface area contributed by atoms with Gasteiger partial charge in [0.05, 0.1) is 30.2 Å². The third kappa shape index (κ3) is 4.44. The molecule has 0 aliphatic heterocycles. The van der Waals surface area contributed by atoms with E-state index in [1.54, 1.807) is 19.5 Å². The van der Waals surface area contributed by atoms with Crippen LogP contribution < -0.4 is 10.1 Å². The molecule has 0 spiro atoms. The van der Waals surface area contributed by atoms with Gasteiger partial charge in [-0.1, -0.05) is 0 Å². The monoisotopic (exact) mass is 391 g/mol. The lowest BCUT2D eigenvalue weighted by molar-refractivity contribution is 0.146. The molecule has 4 rings (SSSR count). The van der Waals surface area contributed by atoms with E-state index in [9.17, 15) is 4.39 Å². The Morgan fingerprint density at radius 1 is 1.00 bits per heavy atom. The first-order valence-corrected chi connectivity index (χ1v) is 8.94. The highest BCUT2D eigenvalue weighted by Crippen LogP contribution is 2.30. The summed E-state index contributed by atoms with van der Waals surface area (Å²) in [7, 11) is 1.62. The van der Waals surface area contributed by atoms with Crippen molar-refractivity contribution < 1.29 is 13.9 Å². The third-order valence-electron chi connectivity index (χ3n) is 4.11. The number of nitrogens with zero attached hydrogens (tertiary/aromatic N) is 4. The minimum atomic E-state index is -0.440. The minimum Gasteiger partial charge on any atom is -0.491 e. The summed E-state index contributed by atoms with van der Waals surface area (Å²) in [6.07, 6.45) is 6.05. The quantitative estimate of drug-likeness (QED) is 0.477. The molecule has 146 valence electrons. The molecule has 0 fully saturated rings. The number of aromatic nitrogens is 4. The van der Waals surface area contributed by atoms with Crippen molar-refractivity contribution in [3.63, 3.8) is 0 Å². The highest BCUT2D eigenvalue weighted by molar-refractivity contribution is 5.93. The van der Waals surface area contributed by atoms with E-state index in [4.69, 9.17) is 9.47 Å². The van der Waals surface area contributed by atoms with Crippen LogP contribution in [0.2, 0.25) is 0 Å². The lowest BCUT2D eigenvalue weighted by Crippen LogP contribution is -2.05. The molecule has 1 N–H and O–H groups in total. The van der Waals surface area contributed by atoms with Gasteiger partial charge in [-0.25, -0.2) is 14.4 Å². The van der Waals surface area contributed by atoms with Crippen LogP contribution in [0, 0.1) is 5.82 Å². The Bertz CT molecular complexity index is 1120. The molecule has 29 heavy (non-hydrogen) atoms. The molecule has 7 nitrogen and oxygen atoms in total. The summed E-state index contributed by atoms with van der Waals surface area (Å²) in [6.45, 7) is 0.905. The Morgan fingerprint density at radius 3 is 2.72 bits per heavy atom. The third-order valence-corrected chi connectivity index (χ3v) is 4.11. The fourth-order valence-electron chi connectivity index (χ4n) is 2.78. The maximum Gasteiger partial charge on any atom is 0.163 e. The molecule has 0 aliphatic carbocycles. The average Bonchev–Trinajstić information content (AvgIpc) is 2.75. The Kier molecular flexibility index (Phi) is 5.53. The molecule has 8 heteroatoms. The van der Waals surface area contributed by atoms with E-state index in [1.165, 1.54) is 12.3 Å². The van der Waals surface area contributed by atoms with Crippen LogP contribution in [0.5, 0.6) is 5.75 Å². The largest absolute Gasteiger partial charge is 0.491 e. The van der Waals surface area contributed by atoms with E-state index in [0.29, 0.717) is 41.8 Å². The first-order chi connectivity index (χ1) is 14.2. The van der Waals surface area contributed by atoms with Crippen molar-refractivity contribution in [3.05, 3.63) is 67.0 Å². The summed E-state index contributed by atoms with van der Waals surface area (Å²) in [4.78, 5) is 17.3. The highest BCUT2D eigenvalue weighted by Gasteiger charge is 2.12. The Morgan fingerprint density at radius 2 is 1.93 bits per heavy atom. The van der Waals surface area contributed by atoms with Gasteiger partial charge in [-0.3, -0.25) is 9.97 Å².